The number of aryl methyl sites for hydroxylation is 1. The maximum absolute atomic E-state index is 12.9. The predicted molar refractivity (Wildman–Crippen MR) is 73.3 cm³/mol. The van der Waals surface area contributed by atoms with Crippen LogP contribution in [0.15, 0.2) is 23.6 Å². The number of nitrogens with zero attached hydrogens (tertiary/aromatic N) is 1. The predicted octanol–water partition coefficient (Wildman–Crippen LogP) is 3.81. The fourth-order valence-corrected chi connectivity index (χ4v) is 2.67. The Morgan fingerprint density at radius 2 is 2.31 bits per heavy atom. The summed E-state index contributed by atoms with van der Waals surface area (Å²) < 4.78 is 13.8. The molecule has 2 nitrogen and oxygen atoms in total. The Labute approximate surface area is 111 Å². The zero-order valence-electron chi connectivity index (χ0n) is 8.63. The molecule has 1 N–H and O–H groups in total. The average molecular weight is 348 g/mol. The van der Waals surface area contributed by atoms with Gasteiger partial charge in [0.15, 0.2) is 0 Å². The minimum Gasteiger partial charge on any atom is -0.378 e. The lowest BCUT2D eigenvalue weighted by Crippen LogP contribution is -2.00. The maximum atomic E-state index is 12.9. The molecule has 0 aliphatic rings. The van der Waals surface area contributed by atoms with Gasteiger partial charge >= 0.3 is 0 Å². The number of hydrogen-bond acceptors (Lipinski definition) is 3. The third-order valence-electron chi connectivity index (χ3n) is 2.03. The maximum Gasteiger partial charge on any atom is 0.124 e. The lowest BCUT2D eigenvalue weighted by Gasteiger charge is -2.06. The molecule has 0 fully saturated rings. The van der Waals surface area contributed by atoms with Crippen LogP contribution in [0.3, 0.4) is 0 Å². The standard InChI is InChI=1S/C11H10FIN2S/c1-7-6-16-11(15-7)5-14-10-3-2-8(12)4-9(10)13/h2-4,6,14H,5H2,1H3. The van der Waals surface area contributed by atoms with E-state index >= 15 is 0 Å². The molecule has 0 bridgehead atoms. The van der Waals surface area contributed by atoms with Crippen LogP contribution in [0.4, 0.5) is 10.1 Å². The van der Waals surface area contributed by atoms with Crippen LogP contribution in [0.5, 0.6) is 0 Å². The van der Waals surface area contributed by atoms with Gasteiger partial charge < -0.3 is 5.32 Å². The smallest absolute Gasteiger partial charge is 0.124 e. The Morgan fingerprint density at radius 3 is 2.94 bits per heavy atom. The molecule has 5 heteroatoms. The van der Waals surface area contributed by atoms with Gasteiger partial charge in [0, 0.05) is 20.3 Å². The number of rotatable bonds is 3. The van der Waals surface area contributed by atoms with E-state index in [9.17, 15) is 4.39 Å². The van der Waals surface area contributed by atoms with E-state index in [4.69, 9.17) is 0 Å². The first kappa shape index (κ1) is 11.8. The molecule has 1 aromatic heterocycles. The van der Waals surface area contributed by atoms with Crippen LogP contribution in [-0.2, 0) is 6.54 Å². The largest absolute Gasteiger partial charge is 0.378 e. The monoisotopic (exact) mass is 348 g/mol. The Bertz CT molecular complexity index is 498. The molecule has 0 saturated carbocycles. The van der Waals surface area contributed by atoms with Crippen LogP contribution in [0.2, 0.25) is 0 Å². The second-order valence-corrected chi connectivity index (χ2v) is 5.47. The summed E-state index contributed by atoms with van der Waals surface area (Å²) in [4.78, 5) is 4.35. The number of anilines is 1. The molecule has 84 valence electrons. The highest BCUT2D eigenvalue weighted by Crippen LogP contribution is 2.20. The van der Waals surface area contributed by atoms with Gasteiger partial charge in [-0.3, -0.25) is 0 Å². The van der Waals surface area contributed by atoms with Crippen molar-refractivity contribution in [3.8, 4) is 0 Å². The van der Waals surface area contributed by atoms with E-state index in [0.29, 0.717) is 6.54 Å². The third kappa shape index (κ3) is 2.91. The van der Waals surface area contributed by atoms with E-state index in [-0.39, 0.29) is 5.82 Å². The fraction of sp³-hybridized carbons (Fsp3) is 0.182. The van der Waals surface area contributed by atoms with E-state index in [2.05, 4.69) is 32.9 Å². The Hall–Kier alpha value is -0.690. The van der Waals surface area contributed by atoms with Crippen molar-refractivity contribution in [3.63, 3.8) is 0 Å². The van der Waals surface area contributed by atoms with Crippen molar-refractivity contribution in [2.75, 3.05) is 5.32 Å². The summed E-state index contributed by atoms with van der Waals surface area (Å²) in [6, 6.07) is 4.71. The molecule has 0 atom stereocenters. The zero-order valence-corrected chi connectivity index (χ0v) is 11.6. The highest BCUT2D eigenvalue weighted by atomic mass is 127. The second kappa shape index (κ2) is 5.09. The summed E-state index contributed by atoms with van der Waals surface area (Å²) in [7, 11) is 0. The van der Waals surface area contributed by atoms with Crippen LogP contribution >= 0.6 is 33.9 Å². The minimum atomic E-state index is -0.208. The molecule has 0 radical (unpaired) electrons. The van der Waals surface area contributed by atoms with Gasteiger partial charge in [0.1, 0.15) is 10.8 Å². The SMILES string of the molecule is Cc1csc(CNc2ccc(F)cc2I)n1. The number of benzene rings is 1. The molecule has 0 saturated heterocycles. The zero-order chi connectivity index (χ0) is 11.5. The Morgan fingerprint density at radius 1 is 1.50 bits per heavy atom. The number of thiazole rings is 1. The highest BCUT2D eigenvalue weighted by molar-refractivity contribution is 14.1. The van der Waals surface area contributed by atoms with E-state index in [1.165, 1.54) is 12.1 Å². The average Bonchev–Trinajstić information content (AvgIpc) is 2.63. The summed E-state index contributed by atoms with van der Waals surface area (Å²) in [6.45, 7) is 2.65. The first-order valence-corrected chi connectivity index (χ1v) is 6.71. The molecular weight excluding hydrogens is 338 g/mol. The van der Waals surface area contributed by atoms with Gasteiger partial charge in [0.05, 0.1) is 6.54 Å². The Kier molecular flexibility index (Phi) is 3.75. The minimum absolute atomic E-state index is 0.208. The topological polar surface area (TPSA) is 24.9 Å². The molecule has 0 aliphatic carbocycles. The van der Waals surface area contributed by atoms with E-state index in [0.717, 1.165) is 20.0 Å². The molecule has 0 aliphatic heterocycles. The van der Waals surface area contributed by atoms with Gasteiger partial charge in [0.25, 0.3) is 0 Å². The van der Waals surface area contributed by atoms with Crippen LogP contribution in [-0.4, -0.2) is 4.98 Å². The van der Waals surface area contributed by atoms with E-state index in [1.54, 1.807) is 17.4 Å². The van der Waals surface area contributed by atoms with Crippen molar-refractivity contribution in [2.45, 2.75) is 13.5 Å². The van der Waals surface area contributed by atoms with Gasteiger partial charge in [-0.05, 0) is 47.7 Å². The van der Waals surface area contributed by atoms with E-state index in [1.807, 2.05) is 12.3 Å². The van der Waals surface area contributed by atoms with Crippen molar-refractivity contribution >= 4 is 39.6 Å². The second-order valence-electron chi connectivity index (χ2n) is 3.36. The van der Waals surface area contributed by atoms with Gasteiger partial charge in [-0.2, -0.15) is 0 Å². The van der Waals surface area contributed by atoms with Crippen molar-refractivity contribution in [1.82, 2.24) is 4.98 Å². The summed E-state index contributed by atoms with van der Waals surface area (Å²) >= 11 is 3.74. The molecule has 2 aromatic rings. The van der Waals surface area contributed by atoms with Gasteiger partial charge in [-0.25, -0.2) is 9.37 Å². The molecule has 1 aromatic carbocycles. The number of aromatic nitrogens is 1. The third-order valence-corrected chi connectivity index (χ3v) is 3.89. The number of nitrogens with one attached hydrogen (secondary N) is 1. The first-order chi connectivity index (χ1) is 7.65. The molecular formula is C11H10FIN2S. The molecule has 1 heterocycles. The summed E-state index contributed by atoms with van der Waals surface area (Å²) in [5, 5.41) is 6.30. The molecule has 0 amide bonds. The summed E-state index contributed by atoms with van der Waals surface area (Å²) in [5.41, 5.74) is 1.98. The lowest BCUT2D eigenvalue weighted by molar-refractivity contribution is 0.627. The number of hydrogen-bond donors (Lipinski definition) is 1. The highest BCUT2D eigenvalue weighted by Gasteiger charge is 2.02. The normalized spacial score (nSPS) is 10.4. The quantitative estimate of drug-likeness (QED) is 0.854. The number of halogens is 2. The summed E-state index contributed by atoms with van der Waals surface area (Å²) in [5.74, 6) is -0.208. The summed E-state index contributed by atoms with van der Waals surface area (Å²) in [6.07, 6.45) is 0. The lowest BCUT2D eigenvalue weighted by atomic mass is 10.3. The van der Waals surface area contributed by atoms with Crippen LogP contribution in [0, 0.1) is 16.3 Å². The van der Waals surface area contributed by atoms with Crippen molar-refractivity contribution < 1.29 is 4.39 Å². The van der Waals surface area contributed by atoms with Crippen molar-refractivity contribution in [3.05, 3.63) is 43.7 Å². The Balaban J connectivity index is 2.04. The van der Waals surface area contributed by atoms with Crippen molar-refractivity contribution in [1.29, 1.82) is 0 Å². The van der Waals surface area contributed by atoms with Crippen LogP contribution < -0.4 is 5.32 Å². The molecule has 16 heavy (non-hydrogen) atoms. The molecule has 0 spiro atoms. The van der Waals surface area contributed by atoms with Gasteiger partial charge in [-0.15, -0.1) is 11.3 Å². The molecule has 2 rings (SSSR count). The van der Waals surface area contributed by atoms with Crippen LogP contribution in [0.25, 0.3) is 0 Å². The van der Waals surface area contributed by atoms with E-state index < -0.39 is 0 Å². The first-order valence-electron chi connectivity index (χ1n) is 4.75. The van der Waals surface area contributed by atoms with Crippen molar-refractivity contribution in [2.24, 2.45) is 0 Å². The molecule has 0 unspecified atom stereocenters. The van der Waals surface area contributed by atoms with Crippen LogP contribution in [0.1, 0.15) is 10.7 Å². The van der Waals surface area contributed by atoms with Gasteiger partial charge in [0.2, 0.25) is 0 Å². The fourth-order valence-electron chi connectivity index (χ4n) is 1.29. The van der Waals surface area contributed by atoms with Gasteiger partial charge in [-0.1, -0.05) is 0 Å².